The fourth-order valence-corrected chi connectivity index (χ4v) is 4.74. The summed E-state index contributed by atoms with van der Waals surface area (Å²) in [5.74, 6) is -0.736. The molecule has 0 aliphatic carbocycles. The molecule has 4 rings (SSSR count). The molecule has 180 valence electrons. The lowest BCUT2D eigenvalue weighted by Crippen LogP contribution is -2.39. The Labute approximate surface area is 194 Å². The minimum atomic E-state index is -4.85. The van der Waals surface area contributed by atoms with E-state index < -0.39 is 21.9 Å². The highest BCUT2D eigenvalue weighted by Crippen LogP contribution is 2.41. The quantitative estimate of drug-likeness (QED) is 0.544. The Kier molecular flexibility index (Phi) is 6.17. The van der Waals surface area contributed by atoms with Gasteiger partial charge in [0, 0.05) is 30.1 Å². The average molecular weight is 494 g/mol. The molecule has 0 bridgehead atoms. The number of ether oxygens (including phenoxy) is 1. The van der Waals surface area contributed by atoms with Crippen molar-refractivity contribution in [2.24, 2.45) is 5.73 Å². The summed E-state index contributed by atoms with van der Waals surface area (Å²) in [7, 11) is -3.44. The number of aromatic nitrogens is 1. The molecule has 0 saturated carbocycles. The number of rotatable bonds is 6. The summed E-state index contributed by atoms with van der Waals surface area (Å²) >= 11 is 0. The van der Waals surface area contributed by atoms with Crippen molar-refractivity contribution in [2.45, 2.75) is 23.7 Å². The van der Waals surface area contributed by atoms with Gasteiger partial charge in [0.05, 0.1) is 10.9 Å². The molecule has 1 atom stereocenters. The summed E-state index contributed by atoms with van der Waals surface area (Å²) in [6, 6.07) is 11.4. The average Bonchev–Trinajstić information content (AvgIpc) is 3.16. The molecular formula is C23H22F3N3O4S. The number of hydrogen-bond donors (Lipinski definition) is 2. The number of sulfone groups is 1. The van der Waals surface area contributed by atoms with Gasteiger partial charge in [-0.05, 0) is 48.4 Å². The smallest absolute Gasteiger partial charge is 0.406 e. The van der Waals surface area contributed by atoms with Crippen LogP contribution in [0, 0.1) is 0 Å². The predicted octanol–water partition coefficient (Wildman–Crippen LogP) is 3.76. The Balaban J connectivity index is 1.93. The van der Waals surface area contributed by atoms with Crippen LogP contribution in [0.1, 0.15) is 23.0 Å². The maximum absolute atomic E-state index is 12.9. The SMILES string of the molecule is CS(=O)(=O)c1ccc(-c2c(-c3cccc(OC(F)(F)F)c3)cn3c2C(=O)NC[C@@H]3CCN)cc1. The molecule has 7 nitrogen and oxygen atoms in total. The number of nitrogens with two attached hydrogens (primary N) is 1. The Hall–Kier alpha value is -3.31. The second-order valence-electron chi connectivity index (χ2n) is 7.99. The molecule has 0 spiro atoms. The van der Waals surface area contributed by atoms with Crippen LogP contribution in [-0.2, 0) is 9.84 Å². The van der Waals surface area contributed by atoms with E-state index in [4.69, 9.17) is 5.73 Å². The van der Waals surface area contributed by atoms with Gasteiger partial charge in [-0.15, -0.1) is 13.2 Å². The van der Waals surface area contributed by atoms with E-state index in [9.17, 15) is 26.4 Å². The molecule has 11 heteroatoms. The number of carbonyl (C=O) groups is 1. The van der Waals surface area contributed by atoms with Crippen molar-refractivity contribution in [3.63, 3.8) is 0 Å². The standard InChI is InChI=1S/C23H22F3N3O4S/c1-34(31,32)18-7-5-14(6-8-18)20-19(15-3-2-4-17(11-15)33-23(24,25)26)13-29-16(9-10-27)12-28-22(30)21(20)29/h2-8,11,13,16H,9-10,12,27H2,1H3,(H,28,30)/t16-/m0/s1. The van der Waals surface area contributed by atoms with Crippen molar-refractivity contribution in [2.75, 3.05) is 19.3 Å². The first kappa shape index (κ1) is 23.8. The van der Waals surface area contributed by atoms with Crippen molar-refractivity contribution < 1.29 is 31.1 Å². The number of halogens is 3. The number of benzene rings is 2. The first-order valence-corrected chi connectivity index (χ1v) is 12.3. The zero-order valence-corrected chi connectivity index (χ0v) is 18.9. The summed E-state index contributed by atoms with van der Waals surface area (Å²) in [5.41, 5.74) is 8.01. The van der Waals surface area contributed by atoms with Gasteiger partial charge in [0.1, 0.15) is 11.4 Å². The second kappa shape index (κ2) is 8.80. The molecular weight excluding hydrogens is 471 g/mol. The summed E-state index contributed by atoms with van der Waals surface area (Å²) in [4.78, 5) is 13.0. The summed E-state index contributed by atoms with van der Waals surface area (Å²) in [6.07, 6.45) is -1.47. The van der Waals surface area contributed by atoms with Crippen LogP contribution in [0.4, 0.5) is 13.2 Å². The summed E-state index contributed by atoms with van der Waals surface area (Å²) in [6.45, 7) is 0.738. The molecule has 3 aromatic rings. The van der Waals surface area contributed by atoms with E-state index in [0.29, 0.717) is 47.5 Å². The molecule has 34 heavy (non-hydrogen) atoms. The number of nitrogens with zero attached hydrogens (tertiary/aromatic N) is 1. The number of hydrogen-bond acceptors (Lipinski definition) is 5. The van der Waals surface area contributed by atoms with Crippen molar-refractivity contribution in [3.8, 4) is 28.0 Å². The maximum atomic E-state index is 12.9. The van der Waals surface area contributed by atoms with E-state index in [1.165, 1.54) is 30.3 Å². The van der Waals surface area contributed by atoms with Gasteiger partial charge in [-0.1, -0.05) is 24.3 Å². The number of fused-ring (bicyclic) bond motifs is 1. The normalized spacial score (nSPS) is 16.1. The van der Waals surface area contributed by atoms with E-state index in [-0.39, 0.29) is 16.8 Å². The van der Waals surface area contributed by atoms with Crippen LogP contribution < -0.4 is 15.8 Å². The minimum absolute atomic E-state index is 0.108. The highest BCUT2D eigenvalue weighted by atomic mass is 32.2. The largest absolute Gasteiger partial charge is 0.573 e. The molecule has 1 amide bonds. The number of nitrogens with one attached hydrogen (secondary N) is 1. The van der Waals surface area contributed by atoms with Crippen LogP contribution >= 0.6 is 0 Å². The third-order valence-electron chi connectivity index (χ3n) is 5.59. The molecule has 0 unspecified atom stereocenters. The highest BCUT2D eigenvalue weighted by Gasteiger charge is 2.33. The van der Waals surface area contributed by atoms with Crippen LogP contribution in [0.2, 0.25) is 0 Å². The molecule has 1 aliphatic heterocycles. The van der Waals surface area contributed by atoms with Gasteiger partial charge in [-0.2, -0.15) is 0 Å². The van der Waals surface area contributed by atoms with E-state index in [0.717, 1.165) is 6.26 Å². The van der Waals surface area contributed by atoms with Gasteiger partial charge in [0.15, 0.2) is 9.84 Å². The zero-order chi connectivity index (χ0) is 24.7. The molecule has 3 N–H and O–H groups in total. The van der Waals surface area contributed by atoms with Crippen LogP contribution in [0.15, 0.2) is 59.6 Å². The van der Waals surface area contributed by atoms with Crippen molar-refractivity contribution >= 4 is 15.7 Å². The Morgan fingerprint density at radius 1 is 1.15 bits per heavy atom. The van der Waals surface area contributed by atoms with Gasteiger partial charge in [-0.3, -0.25) is 4.79 Å². The van der Waals surface area contributed by atoms with Crippen LogP contribution in [-0.4, -0.2) is 44.6 Å². The summed E-state index contributed by atoms with van der Waals surface area (Å²) in [5, 5.41) is 2.84. The van der Waals surface area contributed by atoms with Gasteiger partial charge >= 0.3 is 6.36 Å². The fraction of sp³-hybridized carbons (Fsp3) is 0.261. The van der Waals surface area contributed by atoms with Crippen molar-refractivity contribution in [3.05, 3.63) is 60.4 Å². The highest BCUT2D eigenvalue weighted by molar-refractivity contribution is 7.90. The zero-order valence-electron chi connectivity index (χ0n) is 18.1. The van der Waals surface area contributed by atoms with E-state index >= 15 is 0 Å². The molecule has 0 radical (unpaired) electrons. The lowest BCUT2D eigenvalue weighted by Gasteiger charge is -2.26. The Morgan fingerprint density at radius 3 is 2.47 bits per heavy atom. The molecule has 2 aromatic carbocycles. The van der Waals surface area contributed by atoms with Gasteiger partial charge in [0.25, 0.3) is 5.91 Å². The minimum Gasteiger partial charge on any atom is -0.406 e. The second-order valence-corrected chi connectivity index (χ2v) is 10.0. The van der Waals surface area contributed by atoms with E-state index in [2.05, 4.69) is 10.1 Å². The van der Waals surface area contributed by atoms with Crippen molar-refractivity contribution in [1.29, 1.82) is 0 Å². The molecule has 0 saturated heterocycles. The number of alkyl halides is 3. The fourth-order valence-electron chi connectivity index (χ4n) is 4.11. The van der Waals surface area contributed by atoms with E-state index in [1.807, 2.05) is 0 Å². The molecule has 2 heterocycles. The first-order valence-electron chi connectivity index (χ1n) is 10.4. The molecule has 0 fully saturated rings. The van der Waals surface area contributed by atoms with E-state index in [1.54, 1.807) is 29.0 Å². The molecule has 1 aliphatic rings. The van der Waals surface area contributed by atoms with Gasteiger partial charge in [0.2, 0.25) is 0 Å². The number of amides is 1. The number of carbonyl (C=O) groups excluding carboxylic acids is 1. The lowest BCUT2D eigenvalue weighted by molar-refractivity contribution is -0.274. The van der Waals surface area contributed by atoms with Gasteiger partial charge in [-0.25, -0.2) is 8.42 Å². The lowest BCUT2D eigenvalue weighted by atomic mass is 9.96. The molecule has 1 aromatic heterocycles. The maximum Gasteiger partial charge on any atom is 0.573 e. The monoisotopic (exact) mass is 493 g/mol. The first-order chi connectivity index (χ1) is 16.0. The Bertz CT molecular complexity index is 1330. The summed E-state index contributed by atoms with van der Waals surface area (Å²) < 4.78 is 68.0. The van der Waals surface area contributed by atoms with Crippen molar-refractivity contribution in [1.82, 2.24) is 9.88 Å². The van der Waals surface area contributed by atoms with Crippen LogP contribution in [0.25, 0.3) is 22.3 Å². The third-order valence-corrected chi connectivity index (χ3v) is 6.72. The topological polar surface area (TPSA) is 103 Å². The van der Waals surface area contributed by atoms with Gasteiger partial charge < -0.3 is 20.4 Å². The predicted molar refractivity (Wildman–Crippen MR) is 120 cm³/mol. The van der Waals surface area contributed by atoms with Crippen LogP contribution in [0.3, 0.4) is 0 Å². The Morgan fingerprint density at radius 2 is 1.85 bits per heavy atom. The third kappa shape index (κ3) is 4.80. The van der Waals surface area contributed by atoms with Crippen LogP contribution in [0.5, 0.6) is 5.75 Å².